The minimum Gasteiger partial charge on any atom is -0.392 e. The third kappa shape index (κ3) is 2.30. The summed E-state index contributed by atoms with van der Waals surface area (Å²) in [5, 5.41) is 8.97. The van der Waals surface area contributed by atoms with Crippen molar-refractivity contribution in [1.82, 2.24) is 0 Å². The van der Waals surface area contributed by atoms with Crippen molar-refractivity contribution >= 4 is 15.7 Å². The van der Waals surface area contributed by atoms with Crippen LogP contribution < -0.4 is 4.31 Å². The highest BCUT2D eigenvalue weighted by atomic mass is 32.2. The van der Waals surface area contributed by atoms with Crippen molar-refractivity contribution < 1.29 is 17.9 Å². The summed E-state index contributed by atoms with van der Waals surface area (Å²) in [6.07, 6.45) is 0.617. The van der Waals surface area contributed by atoms with Gasteiger partial charge in [0.2, 0.25) is 0 Å². The average molecular weight is 307 g/mol. The number of aliphatic hydroxyl groups is 1. The van der Waals surface area contributed by atoms with Gasteiger partial charge < -0.3 is 5.11 Å². The van der Waals surface area contributed by atoms with Crippen molar-refractivity contribution in [3.8, 4) is 0 Å². The quantitative estimate of drug-likeness (QED) is 0.944. The molecule has 0 aromatic heterocycles. The lowest BCUT2D eigenvalue weighted by Gasteiger charge is -2.20. The van der Waals surface area contributed by atoms with Gasteiger partial charge in [-0.15, -0.1) is 0 Å². The SMILES string of the molecule is O=S(=O)(c1ccc(CO)cc1F)N1CCc2ccccc21. The lowest BCUT2D eigenvalue weighted by Crippen LogP contribution is -2.29. The van der Waals surface area contributed by atoms with E-state index in [2.05, 4.69) is 0 Å². The fourth-order valence-corrected chi connectivity index (χ4v) is 4.08. The van der Waals surface area contributed by atoms with Crippen LogP contribution in [0, 0.1) is 5.82 Å². The van der Waals surface area contributed by atoms with Gasteiger partial charge in [-0.1, -0.05) is 24.3 Å². The van der Waals surface area contributed by atoms with E-state index in [1.54, 1.807) is 12.1 Å². The van der Waals surface area contributed by atoms with Gasteiger partial charge in [-0.25, -0.2) is 12.8 Å². The Bertz CT molecular complexity index is 789. The molecule has 1 N–H and O–H groups in total. The molecule has 110 valence electrons. The second kappa shape index (κ2) is 5.13. The zero-order chi connectivity index (χ0) is 15.0. The van der Waals surface area contributed by atoms with Gasteiger partial charge in [-0.05, 0) is 35.7 Å². The van der Waals surface area contributed by atoms with Crippen molar-refractivity contribution in [3.05, 3.63) is 59.4 Å². The summed E-state index contributed by atoms with van der Waals surface area (Å²) in [6.45, 7) is -0.0212. The van der Waals surface area contributed by atoms with Crippen LogP contribution in [0.3, 0.4) is 0 Å². The Labute approximate surface area is 122 Å². The Kier molecular flexibility index (Phi) is 3.43. The van der Waals surface area contributed by atoms with E-state index in [9.17, 15) is 12.8 Å². The number of para-hydroxylation sites is 1. The van der Waals surface area contributed by atoms with Gasteiger partial charge in [0.05, 0.1) is 12.3 Å². The first-order valence-electron chi connectivity index (χ1n) is 6.54. The molecule has 0 fully saturated rings. The molecule has 0 atom stereocenters. The number of halogens is 1. The van der Waals surface area contributed by atoms with E-state index in [0.29, 0.717) is 24.2 Å². The Morgan fingerprint density at radius 1 is 1.19 bits per heavy atom. The molecule has 0 bridgehead atoms. The summed E-state index contributed by atoms with van der Waals surface area (Å²) in [6, 6.07) is 10.9. The van der Waals surface area contributed by atoms with Crippen molar-refractivity contribution in [2.75, 3.05) is 10.8 Å². The first kappa shape index (κ1) is 14.0. The van der Waals surface area contributed by atoms with Crippen molar-refractivity contribution in [1.29, 1.82) is 0 Å². The van der Waals surface area contributed by atoms with E-state index in [1.807, 2.05) is 12.1 Å². The van der Waals surface area contributed by atoms with Gasteiger partial charge in [-0.2, -0.15) is 0 Å². The largest absolute Gasteiger partial charge is 0.392 e. The number of aliphatic hydroxyl groups excluding tert-OH is 1. The summed E-state index contributed by atoms with van der Waals surface area (Å²) >= 11 is 0. The zero-order valence-corrected chi connectivity index (χ0v) is 12.0. The molecule has 1 heterocycles. The van der Waals surface area contributed by atoms with Gasteiger partial charge in [0, 0.05) is 6.54 Å². The monoisotopic (exact) mass is 307 g/mol. The molecule has 2 aromatic rings. The molecule has 0 unspecified atom stereocenters. The second-order valence-corrected chi connectivity index (χ2v) is 6.71. The summed E-state index contributed by atoms with van der Waals surface area (Å²) < 4.78 is 40.6. The van der Waals surface area contributed by atoms with E-state index in [0.717, 1.165) is 11.6 Å². The first-order valence-corrected chi connectivity index (χ1v) is 7.98. The van der Waals surface area contributed by atoms with Crippen LogP contribution in [0.15, 0.2) is 47.4 Å². The van der Waals surface area contributed by atoms with Gasteiger partial charge in [-0.3, -0.25) is 4.31 Å². The molecule has 1 aliphatic rings. The van der Waals surface area contributed by atoms with Crippen LogP contribution >= 0.6 is 0 Å². The maximum atomic E-state index is 14.0. The molecule has 0 radical (unpaired) electrons. The van der Waals surface area contributed by atoms with Crippen LogP contribution in [0.4, 0.5) is 10.1 Å². The number of fused-ring (bicyclic) bond motifs is 1. The topological polar surface area (TPSA) is 57.6 Å². The second-order valence-electron chi connectivity index (χ2n) is 4.88. The zero-order valence-electron chi connectivity index (χ0n) is 11.2. The average Bonchev–Trinajstić information content (AvgIpc) is 2.91. The first-order chi connectivity index (χ1) is 10.0. The minimum absolute atomic E-state index is 0.308. The van der Waals surface area contributed by atoms with Crippen LogP contribution in [-0.4, -0.2) is 20.1 Å². The number of rotatable bonds is 3. The van der Waals surface area contributed by atoms with Gasteiger partial charge >= 0.3 is 0 Å². The number of sulfonamides is 1. The summed E-state index contributed by atoms with van der Waals surface area (Å²) in [5.41, 5.74) is 1.88. The molecule has 0 saturated heterocycles. The molecular weight excluding hydrogens is 293 g/mol. The van der Waals surface area contributed by atoms with Gasteiger partial charge in [0.15, 0.2) is 0 Å². The van der Waals surface area contributed by atoms with E-state index in [4.69, 9.17) is 5.11 Å². The van der Waals surface area contributed by atoms with E-state index < -0.39 is 15.8 Å². The number of nitrogens with zero attached hydrogens (tertiary/aromatic N) is 1. The number of hydrogen-bond acceptors (Lipinski definition) is 3. The molecule has 4 nitrogen and oxygen atoms in total. The van der Waals surface area contributed by atoms with Crippen molar-refractivity contribution in [2.24, 2.45) is 0 Å². The lowest BCUT2D eigenvalue weighted by molar-refractivity contribution is 0.281. The maximum Gasteiger partial charge on any atom is 0.267 e. The van der Waals surface area contributed by atoms with Crippen LogP contribution in [0.25, 0.3) is 0 Å². The molecule has 0 amide bonds. The predicted molar refractivity (Wildman–Crippen MR) is 77.0 cm³/mol. The minimum atomic E-state index is -3.93. The molecule has 0 saturated carbocycles. The standard InChI is InChI=1S/C15H14FNO3S/c16-13-9-11(10-18)5-6-15(13)21(19,20)17-8-7-12-3-1-2-4-14(12)17/h1-6,9,18H,7-8,10H2. The third-order valence-electron chi connectivity index (χ3n) is 3.59. The number of hydrogen-bond donors (Lipinski definition) is 1. The van der Waals surface area contributed by atoms with Crippen molar-refractivity contribution in [2.45, 2.75) is 17.9 Å². The maximum absolute atomic E-state index is 14.0. The fourth-order valence-electron chi connectivity index (χ4n) is 2.53. The van der Waals surface area contributed by atoms with Crippen LogP contribution in [0.5, 0.6) is 0 Å². The Balaban J connectivity index is 2.06. The highest BCUT2D eigenvalue weighted by Gasteiger charge is 2.32. The third-order valence-corrected chi connectivity index (χ3v) is 5.44. The summed E-state index contributed by atoms with van der Waals surface area (Å²) in [5.74, 6) is -0.842. The summed E-state index contributed by atoms with van der Waals surface area (Å²) in [4.78, 5) is -0.364. The highest BCUT2D eigenvalue weighted by molar-refractivity contribution is 7.92. The van der Waals surface area contributed by atoms with Crippen LogP contribution in [0.1, 0.15) is 11.1 Å². The molecule has 21 heavy (non-hydrogen) atoms. The molecular formula is C15H14FNO3S. The Morgan fingerprint density at radius 3 is 2.67 bits per heavy atom. The smallest absolute Gasteiger partial charge is 0.267 e. The van der Waals surface area contributed by atoms with E-state index in [-0.39, 0.29) is 11.5 Å². The van der Waals surface area contributed by atoms with E-state index in [1.165, 1.54) is 16.4 Å². The summed E-state index contributed by atoms with van der Waals surface area (Å²) in [7, 11) is -3.93. The van der Waals surface area contributed by atoms with Gasteiger partial charge in [0.1, 0.15) is 10.7 Å². The van der Waals surface area contributed by atoms with Gasteiger partial charge in [0.25, 0.3) is 10.0 Å². The molecule has 1 aliphatic heterocycles. The number of benzene rings is 2. The predicted octanol–water partition coefficient (Wildman–Crippen LogP) is 2.07. The van der Waals surface area contributed by atoms with Crippen LogP contribution in [0.2, 0.25) is 0 Å². The fraction of sp³-hybridized carbons (Fsp3) is 0.200. The molecule has 3 rings (SSSR count). The molecule has 2 aromatic carbocycles. The molecule has 0 aliphatic carbocycles. The number of anilines is 1. The molecule has 0 spiro atoms. The van der Waals surface area contributed by atoms with E-state index >= 15 is 0 Å². The Morgan fingerprint density at radius 2 is 1.95 bits per heavy atom. The highest BCUT2D eigenvalue weighted by Crippen LogP contribution is 2.33. The van der Waals surface area contributed by atoms with Crippen molar-refractivity contribution in [3.63, 3.8) is 0 Å². The van der Waals surface area contributed by atoms with Crippen LogP contribution in [-0.2, 0) is 23.1 Å². The normalized spacial score (nSPS) is 14.3. The lowest BCUT2D eigenvalue weighted by atomic mass is 10.2. The molecule has 6 heteroatoms. The Hall–Kier alpha value is -1.92.